The van der Waals surface area contributed by atoms with Gasteiger partial charge in [0.1, 0.15) is 0 Å². The van der Waals surface area contributed by atoms with Gasteiger partial charge >= 0.3 is 6.18 Å². The van der Waals surface area contributed by atoms with Crippen molar-refractivity contribution in [1.29, 1.82) is 0 Å². The number of benzene rings is 1. The monoisotopic (exact) mass is 332 g/mol. The number of ether oxygens (including phenoxy) is 2. The fourth-order valence-corrected chi connectivity index (χ4v) is 2.72. The molecule has 0 radical (unpaired) electrons. The Hall–Kier alpha value is -1.47. The molecule has 0 aliphatic carbocycles. The highest BCUT2D eigenvalue weighted by Crippen LogP contribution is 2.29. The van der Waals surface area contributed by atoms with Crippen LogP contribution >= 0.6 is 0 Å². The van der Waals surface area contributed by atoms with E-state index in [2.05, 4.69) is 17.3 Å². The molecule has 1 saturated heterocycles. The van der Waals surface area contributed by atoms with E-state index in [1.165, 1.54) is 26.0 Å². The predicted molar refractivity (Wildman–Crippen MR) is 81.9 cm³/mol. The normalized spacial score (nSPS) is 19.1. The highest BCUT2D eigenvalue weighted by molar-refractivity contribution is 5.43. The summed E-state index contributed by atoms with van der Waals surface area (Å²) in [4.78, 5) is 2.33. The zero-order valence-corrected chi connectivity index (χ0v) is 13.4. The van der Waals surface area contributed by atoms with Crippen molar-refractivity contribution in [3.8, 4) is 11.5 Å². The lowest BCUT2D eigenvalue weighted by molar-refractivity contribution is -0.153. The van der Waals surface area contributed by atoms with E-state index >= 15 is 0 Å². The van der Waals surface area contributed by atoms with E-state index in [1.807, 2.05) is 0 Å². The average Bonchev–Trinajstić information content (AvgIpc) is 2.90. The molecule has 0 unspecified atom stereocenters. The first-order valence-corrected chi connectivity index (χ1v) is 7.66. The minimum Gasteiger partial charge on any atom is -0.493 e. The lowest BCUT2D eigenvalue weighted by atomic mass is 10.2. The van der Waals surface area contributed by atoms with Gasteiger partial charge in [-0.05, 0) is 44.1 Å². The van der Waals surface area contributed by atoms with Crippen LogP contribution in [-0.2, 0) is 6.54 Å². The summed E-state index contributed by atoms with van der Waals surface area (Å²) in [6, 6.07) is 5.52. The van der Waals surface area contributed by atoms with Crippen molar-refractivity contribution in [3.63, 3.8) is 0 Å². The molecule has 130 valence electrons. The van der Waals surface area contributed by atoms with E-state index in [0.29, 0.717) is 18.3 Å². The van der Waals surface area contributed by atoms with Crippen LogP contribution in [0.15, 0.2) is 18.2 Å². The van der Waals surface area contributed by atoms with E-state index < -0.39 is 12.8 Å². The second kappa shape index (κ2) is 7.88. The lowest BCUT2D eigenvalue weighted by Gasteiger charge is -2.20. The van der Waals surface area contributed by atoms with E-state index in [0.717, 1.165) is 18.7 Å². The number of halogens is 3. The van der Waals surface area contributed by atoms with E-state index in [1.54, 1.807) is 12.1 Å². The summed E-state index contributed by atoms with van der Waals surface area (Å²) < 4.78 is 46.6. The molecule has 0 saturated carbocycles. The third-order valence-corrected chi connectivity index (χ3v) is 4.00. The van der Waals surface area contributed by atoms with Gasteiger partial charge < -0.3 is 19.7 Å². The van der Waals surface area contributed by atoms with Crippen LogP contribution in [0.25, 0.3) is 0 Å². The Bertz CT molecular complexity index is 509. The standard InChI is InChI=1S/C16H23F3N2O2/c1-21-7-3-4-13(21)10-20-9-12-5-6-14(15(8-12)22-2)23-11-16(17,18)19/h5-6,8,13,20H,3-4,7,9-11H2,1-2H3/t13-/m1/s1. The molecule has 7 heteroatoms. The van der Waals surface area contributed by atoms with Gasteiger partial charge in [-0.25, -0.2) is 0 Å². The fourth-order valence-electron chi connectivity index (χ4n) is 2.72. The number of nitrogens with zero attached hydrogens (tertiary/aromatic N) is 1. The lowest BCUT2D eigenvalue weighted by Crippen LogP contribution is -2.35. The summed E-state index contributed by atoms with van der Waals surface area (Å²) >= 11 is 0. The van der Waals surface area contributed by atoms with Gasteiger partial charge in [0.2, 0.25) is 0 Å². The molecule has 2 rings (SSSR count). The quantitative estimate of drug-likeness (QED) is 0.832. The first kappa shape index (κ1) is 17.9. The van der Waals surface area contributed by atoms with Gasteiger partial charge in [0.15, 0.2) is 18.1 Å². The largest absolute Gasteiger partial charge is 0.493 e. The van der Waals surface area contributed by atoms with Gasteiger partial charge in [-0.3, -0.25) is 0 Å². The number of likely N-dealkylation sites (N-methyl/N-ethyl adjacent to an activating group) is 1. The molecule has 0 spiro atoms. The van der Waals surface area contributed by atoms with Crippen LogP contribution in [0, 0.1) is 0 Å². The van der Waals surface area contributed by atoms with Crippen molar-refractivity contribution in [1.82, 2.24) is 10.2 Å². The Morgan fingerprint density at radius 1 is 1.30 bits per heavy atom. The van der Waals surface area contributed by atoms with Gasteiger partial charge in [-0.1, -0.05) is 6.07 Å². The van der Waals surface area contributed by atoms with Crippen molar-refractivity contribution in [3.05, 3.63) is 23.8 Å². The summed E-state index contributed by atoms with van der Waals surface area (Å²) in [5.41, 5.74) is 0.946. The Kier molecular flexibility index (Phi) is 6.12. The third-order valence-electron chi connectivity index (χ3n) is 4.00. The summed E-state index contributed by atoms with van der Waals surface area (Å²) in [7, 11) is 3.54. The number of alkyl halides is 3. The first-order chi connectivity index (χ1) is 10.9. The van der Waals surface area contributed by atoms with Crippen molar-refractivity contribution in [2.45, 2.75) is 31.6 Å². The van der Waals surface area contributed by atoms with Gasteiger partial charge in [-0.15, -0.1) is 0 Å². The zero-order valence-electron chi connectivity index (χ0n) is 13.4. The van der Waals surface area contributed by atoms with Crippen LogP contribution in [-0.4, -0.2) is 51.0 Å². The molecule has 0 aromatic heterocycles. The number of likely N-dealkylation sites (tertiary alicyclic amines) is 1. The molecule has 1 heterocycles. The van der Waals surface area contributed by atoms with Crippen LogP contribution in [0.4, 0.5) is 13.2 Å². The summed E-state index contributed by atoms with van der Waals surface area (Å²) in [5.74, 6) is 0.413. The highest BCUT2D eigenvalue weighted by Gasteiger charge is 2.29. The first-order valence-electron chi connectivity index (χ1n) is 7.66. The topological polar surface area (TPSA) is 33.7 Å². The Morgan fingerprint density at radius 3 is 2.70 bits per heavy atom. The summed E-state index contributed by atoms with van der Waals surface area (Å²) in [6.07, 6.45) is -1.95. The molecule has 0 amide bonds. The number of hydrogen-bond acceptors (Lipinski definition) is 4. The molecular weight excluding hydrogens is 309 g/mol. The third kappa shape index (κ3) is 5.58. The summed E-state index contributed by atoms with van der Waals surface area (Å²) in [5, 5.41) is 3.38. The molecule has 1 aromatic rings. The second-order valence-electron chi connectivity index (χ2n) is 5.80. The maximum absolute atomic E-state index is 12.2. The molecule has 23 heavy (non-hydrogen) atoms. The maximum atomic E-state index is 12.2. The second-order valence-corrected chi connectivity index (χ2v) is 5.80. The minimum atomic E-state index is -4.36. The highest BCUT2D eigenvalue weighted by atomic mass is 19.4. The van der Waals surface area contributed by atoms with Crippen molar-refractivity contribution < 1.29 is 22.6 Å². The number of methoxy groups -OCH3 is 1. The molecule has 4 nitrogen and oxygen atoms in total. The number of hydrogen-bond donors (Lipinski definition) is 1. The van der Waals surface area contributed by atoms with Gasteiger partial charge in [-0.2, -0.15) is 13.2 Å². The van der Waals surface area contributed by atoms with Crippen LogP contribution < -0.4 is 14.8 Å². The van der Waals surface area contributed by atoms with Crippen molar-refractivity contribution in [2.24, 2.45) is 0 Å². The molecule has 1 aliphatic rings. The van der Waals surface area contributed by atoms with Crippen LogP contribution in [0.2, 0.25) is 0 Å². The SMILES string of the molecule is COc1cc(CNC[C@H]2CCCN2C)ccc1OCC(F)(F)F. The summed E-state index contributed by atoms with van der Waals surface area (Å²) in [6.45, 7) is 1.34. The zero-order chi connectivity index (χ0) is 16.9. The smallest absolute Gasteiger partial charge is 0.422 e. The molecule has 1 N–H and O–H groups in total. The van der Waals surface area contributed by atoms with E-state index in [9.17, 15) is 13.2 Å². The number of rotatable bonds is 7. The van der Waals surface area contributed by atoms with E-state index in [-0.39, 0.29) is 5.75 Å². The predicted octanol–water partition coefficient (Wildman–Crippen LogP) is 2.82. The van der Waals surface area contributed by atoms with Gasteiger partial charge in [0, 0.05) is 19.1 Å². The minimum absolute atomic E-state index is 0.101. The van der Waals surface area contributed by atoms with Crippen LogP contribution in [0.5, 0.6) is 11.5 Å². The van der Waals surface area contributed by atoms with Crippen LogP contribution in [0.3, 0.4) is 0 Å². The fraction of sp³-hybridized carbons (Fsp3) is 0.625. The molecular formula is C16H23F3N2O2. The molecule has 1 fully saturated rings. The molecule has 1 aliphatic heterocycles. The Morgan fingerprint density at radius 2 is 2.09 bits per heavy atom. The average molecular weight is 332 g/mol. The van der Waals surface area contributed by atoms with Crippen molar-refractivity contribution >= 4 is 0 Å². The van der Waals surface area contributed by atoms with Gasteiger partial charge in [0.05, 0.1) is 7.11 Å². The molecule has 0 bridgehead atoms. The van der Waals surface area contributed by atoms with Gasteiger partial charge in [0.25, 0.3) is 0 Å². The Labute approximate surface area is 134 Å². The Balaban J connectivity index is 1.87. The molecule has 1 aromatic carbocycles. The molecule has 1 atom stereocenters. The maximum Gasteiger partial charge on any atom is 0.422 e. The van der Waals surface area contributed by atoms with E-state index in [4.69, 9.17) is 9.47 Å². The number of nitrogens with one attached hydrogen (secondary N) is 1. The van der Waals surface area contributed by atoms with Crippen molar-refractivity contribution in [2.75, 3.05) is 33.9 Å². The van der Waals surface area contributed by atoms with Crippen LogP contribution in [0.1, 0.15) is 18.4 Å².